The van der Waals surface area contributed by atoms with E-state index in [-0.39, 0.29) is 22.9 Å². The fourth-order valence-corrected chi connectivity index (χ4v) is 3.76. The number of carbonyl (C=O) groups is 1. The van der Waals surface area contributed by atoms with Crippen LogP contribution in [0, 0.1) is 13.8 Å². The van der Waals surface area contributed by atoms with Crippen molar-refractivity contribution in [3.63, 3.8) is 0 Å². The zero-order valence-electron chi connectivity index (χ0n) is 14.2. The molecule has 0 unspecified atom stereocenters. The van der Waals surface area contributed by atoms with Gasteiger partial charge >= 0.3 is 0 Å². The summed E-state index contributed by atoms with van der Waals surface area (Å²) < 4.78 is 32.2. The number of nitrogens with zero attached hydrogens (tertiary/aromatic N) is 1. The molecule has 7 heteroatoms. The van der Waals surface area contributed by atoms with Gasteiger partial charge in [0.15, 0.2) is 0 Å². The Hall–Kier alpha value is -1.44. The summed E-state index contributed by atoms with van der Waals surface area (Å²) in [6.45, 7) is 8.39. The van der Waals surface area contributed by atoms with Gasteiger partial charge in [-0.05, 0) is 58.0 Å². The molecular weight excluding hydrogens is 316 g/mol. The van der Waals surface area contributed by atoms with Crippen LogP contribution in [-0.4, -0.2) is 51.6 Å². The Morgan fingerprint density at radius 2 is 1.96 bits per heavy atom. The lowest BCUT2D eigenvalue weighted by Gasteiger charge is -2.37. The molecule has 6 nitrogen and oxygen atoms in total. The Balaban J connectivity index is 2.46. The van der Waals surface area contributed by atoms with Crippen molar-refractivity contribution in [1.29, 1.82) is 0 Å². The van der Waals surface area contributed by atoms with Gasteiger partial charge in [0.2, 0.25) is 10.0 Å². The number of morpholine rings is 1. The SMILES string of the molecule is CNS(=O)(=O)c1cc(C(=O)N2C[C@H](C)OC[C@@H]2C)cc(C)c1C. The van der Waals surface area contributed by atoms with Gasteiger partial charge in [0, 0.05) is 12.1 Å². The minimum absolute atomic E-state index is 0.0257. The predicted octanol–water partition coefficient (Wildman–Crippen LogP) is 1.46. The molecule has 0 radical (unpaired) electrons. The van der Waals surface area contributed by atoms with Crippen molar-refractivity contribution in [2.45, 2.75) is 44.7 Å². The summed E-state index contributed by atoms with van der Waals surface area (Å²) in [5.74, 6) is -0.164. The maximum atomic E-state index is 12.8. The second-order valence-electron chi connectivity index (χ2n) is 6.07. The van der Waals surface area contributed by atoms with E-state index in [9.17, 15) is 13.2 Å². The highest BCUT2D eigenvalue weighted by Gasteiger charge is 2.29. The van der Waals surface area contributed by atoms with Crippen LogP contribution < -0.4 is 4.72 Å². The molecule has 0 bridgehead atoms. The van der Waals surface area contributed by atoms with E-state index in [4.69, 9.17) is 4.74 Å². The minimum Gasteiger partial charge on any atom is -0.375 e. The maximum Gasteiger partial charge on any atom is 0.254 e. The third-order valence-electron chi connectivity index (χ3n) is 4.29. The Morgan fingerprint density at radius 3 is 2.57 bits per heavy atom. The summed E-state index contributed by atoms with van der Waals surface area (Å²) in [5.41, 5.74) is 1.82. The molecule has 1 aliphatic heterocycles. The van der Waals surface area contributed by atoms with Gasteiger partial charge < -0.3 is 9.64 Å². The third-order valence-corrected chi connectivity index (χ3v) is 5.83. The van der Waals surface area contributed by atoms with Crippen LogP contribution in [0.3, 0.4) is 0 Å². The first-order valence-corrected chi connectivity index (χ1v) is 9.13. The van der Waals surface area contributed by atoms with Gasteiger partial charge in [0.1, 0.15) is 0 Å². The van der Waals surface area contributed by atoms with Crippen molar-refractivity contribution in [3.8, 4) is 0 Å². The lowest BCUT2D eigenvalue weighted by atomic mass is 10.0. The number of amides is 1. The van der Waals surface area contributed by atoms with Gasteiger partial charge in [-0.3, -0.25) is 4.79 Å². The van der Waals surface area contributed by atoms with E-state index in [1.165, 1.54) is 13.1 Å². The molecule has 0 saturated carbocycles. The molecule has 1 amide bonds. The molecule has 128 valence electrons. The molecule has 1 heterocycles. The third kappa shape index (κ3) is 3.57. The van der Waals surface area contributed by atoms with Crippen molar-refractivity contribution < 1.29 is 17.9 Å². The zero-order valence-corrected chi connectivity index (χ0v) is 15.0. The molecule has 1 aromatic carbocycles. The number of sulfonamides is 1. The standard InChI is InChI=1S/C16H24N2O4S/c1-10-6-14(7-15(13(10)4)23(20,21)17-5)16(19)18-8-12(3)22-9-11(18)2/h6-7,11-12,17H,8-9H2,1-5H3/t11-,12-/m0/s1. The molecule has 23 heavy (non-hydrogen) atoms. The monoisotopic (exact) mass is 340 g/mol. The zero-order chi connectivity index (χ0) is 17.4. The average molecular weight is 340 g/mol. The Bertz CT molecular complexity index is 715. The van der Waals surface area contributed by atoms with Crippen LogP contribution >= 0.6 is 0 Å². The number of rotatable bonds is 3. The summed E-state index contributed by atoms with van der Waals surface area (Å²) in [6.07, 6.45) is -0.0257. The highest BCUT2D eigenvalue weighted by molar-refractivity contribution is 7.89. The van der Waals surface area contributed by atoms with Crippen molar-refractivity contribution in [2.75, 3.05) is 20.2 Å². The number of carbonyl (C=O) groups excluding carboxylic acids is 1. The van der Waals surface area contributed by atoms with Gasteiger partial charge in [-0.25, -0.2) is 13.1 Å². The fraction of sp³-hybridized carbons (Fsp3) is 0.562. The number of ether oxygens (including phenoxy) is 1. The molecule has 2 atom stereocenters. The van der Waals surface area contributed by atoms with Gasteiger partial charge in [0.05, 0.1) is 23.6 Å². The van der Waals surface area contributed by atoms with Crippen LogP contribution in [0.4, 0.5) is 0 Å². The van der Waals surface area contributed by atoms with Crippen LogP contribution in [0.15, 0.2) is 17.0 Å². The van der Waals surface area contributed by atoms with E-state index in [1.54, 1.807) is 17.9 Å². The molecule has 0 spiro atoms. The molecule has 1 aromatic rings. The molecule has 1 fully saturated rings. The van der Waals surface area contributed by atoms with Crippen LogP contribution in [0.5, 0.6) is 0 Å². The maximum absolute atomic E-state index is 12.8. The second kappa shape index (κ2) is 6.59. The molecule has 0 aromatic heterocycles. The smallest absolute Gasteiger partial charge is 0.254 e. The second-order valence-corrected chi connectivity index (χ2v) is 7.93. The summed E-state index contributed by atoms with van der Waals surface area (Å²) in [7, 11) is -2.24. The van der Waals surface area contributed by atoms with Gasteiger partial charge in [-0.15, -0.1) is 0 Å². The molecular formula is C16H24N2O4S. The summed E-state index contributed by atoms with van der Waals surface area (Å²) in [4.78, 5) is 14.7. The highest BCUT2D eigenvalue weighted by Crippen LogP contribution is 2.23. The van der Waals surface area contributed by atoms with E-state index >= 15 is 0 Å². The largest absolute Gasteiger partial charge is 0.375 e. The number of nitrogens with one attached hydrogen (secondary N) is 1. The van der Waals surface area contributed by atoms with E-state index < -0.39 is 10.0 Å². The molecule has 0 aliphatic carbocycles. The van der Waals surface area contributed by atoms with Crippen molar-refractivity contribution >= 4 is 15.9 Å². The van der Waals surface area contributed by atoms with Gasteiger partial charge in [0.25, 0.3) is 5.91 Å². The van der Waals surface area contributed by atoms with Gasteiger partial charge in [-0.2, -0.15) is 0 Å². The minimum atomic E-state index is -3.61. The van der Waals surface area contributed by atoms with Crippen molar-refractivity contribution in [2.24, 2.45) is 0 Å². The fourth-order valence-electron chi connectivity index (χ4n) is 2.69. The average Bonchev–Trinajstić information content (AvgIpc) is 2.51. The van der Waals surface area contributed by atoms with Crippen molar-refractivity contribution in [3.05, 3.63) is 28.8 Å². The summed E-state index contributed by atoms with van der Waals surface area (Å²) in [5, 5.41) is 0. The number of aryl methyl sites for hydroxylation is 1. The first-order valence-electron chi connectivity index (χ1n) is 7.64. The Morgan fingerprint density at radius 1 is 1.30 bits per heavy atom. The van der Waals surface area contributed by atoms with Crippen LogP contribution in [0.1, 0.15) is 35.3 Å². The summed E-state index contributed by atoms with van der Waals surface area (Å²) in [6, 6.07) is 3.17. The first-order chi connectivity index (χ1) is 10.7. The van der Waals surface area contributed by atoms with E-state index in [2.05, 4.69) is 4.72 Å². The van der Waals surface area contributed by atoms with Gasteiger partial charge in [-0.1, -0.05) is 0 Å². The number of hydrogen-bond donors (Lipinski definition) is 1. The Kier molecular flexibility index (Phi) is 5.13. The van der Waals surface area contributed by atoms with Crippen LogP contribution in [0.25, 0.3) is 0 Å². The van der Waals surface area contributed by atoms with Crippen LogP contribution in [0.2, 0.25) is 0 Å². The van der Waals surface area contributed by atoms with Crippen molar-refractivity contribution in [1.82, 2.24) is 9.62 Å². The Labute approximate surface area is 137 Å². The number of hydrogen-bond acceptors (Lipinski definition) is 4. The predicted molar refractivity (Wildman–Crippen MR) is 88.1 cm³/mol. The number of benzene rings is 1. The molecule has 1 saturated heterocycles. The summed E-state index contributed by atoms with van der Waals surface area (Å²) >= 11 is 0. The quantitative estimate of drug-likeness (QED) is 0.904. The lowest BCUT2D eigenvalue weighted by molar-refractivity contribution is -0.0387. The molecule has 1 aliphatic rings. The highest BCUT2D eigenvalue weighted by atomic mass is 32.2. The first kappa shape index (κ1) is 17.9. The van der Waals surface area contributed by atoms with E-state index in [1.807, 2.05) is 20.8 Å². The normalized spacial score (nSPS) is 22.2. The molecule has 1 N–H and O–H groups in total. The van der Waals surface area contributed by atoms with E-state index in [0.29, 0.717) is 24.3 Å². The molecule has 2 rings (SSSR count). The van der Waals surface area contributed by atoms with Crippen LogP contribution in [-0.2, 0) is 14.8 Å². The topological polar surface area (TPSA) is 75.7 Å². The lowest BCUT2D eigenvalue weighted by Crippen LogP contribution is -2.50. The van der Waals surface area contributed by atoms with E-state index in [0.717, 1.165) is 5.56 Å².